The van der Waals surface area contributed by atoms with E-state index in [1.807, 2.05) is 0 Å². The van der Waals surface area contributed by atoms with Crippen LogP contribution in [0.4, 0.5) is 18.3 Å². The van der Waals surface area contributed by atoms with Crippen molar-refractivity contribution in [3.05, 3.63) is 11.1 Å². The summed E-state index contributed by atoms with van der Waals surface area (Å²) in [6.07, 6.45) is -4.35. The van der Waals surface area contributed by atoms with Crippen molar-refractivity contribution < 1.29 is 23.1 Å². The van der Waals surface area contributed by atoms with Crippen molar-refractivity contribution in [3.63, 3.8) is 0 Å². The molecule has 1 aliphatic rings. The molecule has 1 aliphatic carbocycles. The average Bonchev–Trinajstić information content (AvgIpc) is 2.88. The fraction of sp³-hybridized carbons (Fsp3) is 0.556. The molecule has 1 fully saturated rings. The van der Waals surface area contributed by atoms with E-state index in [2.05, 4.69) is 10.3 Å². The number of hydrogen-bond donors (Lipinski definition) is 3. The van der Waals surface area contributed by atoms with E-state index < -0.39 is 23.7 Å². The topological polar surface area (TPSA) is 88.2 Å². The van der Waals surface area contributed by atoms with Crippen LogP contribution in [0.3, 0.4) is 0 Å². The number of carboxylic acids is 1. The molecule has 0 amide bonds. The number of aromatic nitrogens is 1. The lowest BCUT2D eigenvalue weighted by molar-refractivity contribution is -0.151. The second kappa shape index (κ2) is 4.09. The lowest BCUT2D eigenvalue weighted by Crippen LogP contribution is -2.38. The number of halogens is 3. The van der Waals surface area contributed by atoms with Gasteiger partial charge in [0.15, 0.2) is 5.13 Å². The standard InChI is InChI=1S/C9H10F3N3O2S/c10-9(11,12)8(1-2-8)15-7-14-4(3-18-7)5(13)6(16)17/h3,5H,1-2,13H2,(H,14,15)(H,16,17). The molecule has 0 aliphatic heterocycles. The van der Waals surface area contributed by atoms with Crippen LogP contribution in [0.25, 0.3) is 0 Å². The highest BCUT2D eigenvalue weighted by atomic mass is 32.1. The highest BCUT2D eigenvalue weighted by molar-refractivity contribution is 7.13. The number of carboxylic acid groups (broad SMARTS) is 1. The fourth-order valence-corrected chi connectivity index (χ4v) is 2.27. The molecule has 1 saturated carbocycles. The number of hydrogen-bond acceptors (Lipinski definition) is 5. The van der Waals surface area contributed by atoms with Crippen molar-refractivity contribution in [2.75, 3.05) is 5.32 Å². The van der Waals surface area contributed by atoms with Gasteiger partial charge in [-0.15, -0.1) is 11.3 Å². The van der Waals surface area contributed by atoms with Crippen LogP contribution in [0.2, 0.25) is 0 Å². The SMILES string of the molecule is NC(C(=O)O)c1csc(NC2(C(F)(F)F)CC2)n1. The van der Waals surface area contributed by atoms with Crippen molar-refractivity contribution >= 4 is 22.4 Å². The molecule has 0 radical (unpaired) electrons. The van der Waals surface area contributed by atoms with Crippen molar-refractivity contribution in [1.82, 2.24) is 4.98 Å². The van der Waals surface area contributed by atoms with Gasteiger partial charge in [0.25, 0.3) is 0 Å². The van der Waals surface area contributed by atoms with Gasteiger partial charge in [-0.05, 0) is 12.8 Å². The molecule has 18 heavy (non-hydrogen) atoms. The van der Waals surface area contributed by atoms with Crippen molar-refractivity contribution in [2.45, 2.75) is 30.6 Å². The van der Waals surface area contributed by atoms with Crippen molar-refractivity contribution in [1.29, 1.82) is 0 Å². The van der Waals surface area contributed by atoms with Gasteiger partial charge in [0, 0.05) is 5.38 Å². The number of rotatable bonds is 4. The lowest BCUT2D eigenvalue weighted by Gasteiger charge is -2.19. The highest BCUT2D eigenvalue weighted by Crippen LogP contribution is 2.51. The van der Waals surface area contributed by atoms with Gasteiger partial charge in [0.05, 0.1) is 5.69 Å². The normalized spacial score (nSPS) is 19.3. The number of nitrogens with two attached hydrogens (primary N) is 1. The molecule has 1 unspecified atom stereocenters. The first kappa shape index (κ1) is 13.1. The predicted molar refractivity (Wildman–Crippen MR) is 58.3 cm³/mol. The van der Waals surface area contributed by atoms with Crippen LogP contribution in [0, 0.1) is 0 Å². The summed E-state index contributed by atoms with van der Waals surface area (Å²) in [6, 6.07) is -1.32. The Hall–Kier alpha value is -1.35. The van der Waals surface area contributed by atoms with Crippen molar-refractivity contribution in [3.8, 4) is 0 Å². The zero-order valence-electron chi connectivity index (χ0n) is 8.99. The molecule has 0 saturated heterocycles. The number of thiazole rings is 1. The number of alkyl halides is 3. The van der Waals surface area contributed by atoms with Gasteiger partial charge in [-0.1, -0.05) is 0 Å². The summed E-state index contributed by atoms with van der Waals surface area (Å²) in [7, 11) is 0. The third kappa shape index (κ3) is 2.27. The summed E-state index contributed by atoms with van der Waals surface area (Å²) >= 11 is 0.913. The van der Waals surface area contributed by atoms with Crippen LogP contribution in [-0.4, -0.2) is 27.8 Å². The van der Waals surface area contributed by atoms with E-state index >= 15 is 0 Å². The number of nitrogens with zero attached hydrogens (tertiary/aromatic N) is 1. The van der Waals surface area contributed by atoms with Gasteiger partial charge in [-0.3, -0.25) is 4.79 Å². The van der Waals surface area contributed by atoms with Gasteiger partial charge in [-0.25, -0.2) is 4.98 Å². The Balaban J connectivity index is 2.11. The molecule has 1 aromatic rings. The van der Waals surface area contributed by atoms with E-state index in [9.17, 15) is 18.0 Å². The molecule has 4 N–H and O–H groups in total. The molecule has 0 aromatic carbocycles. The highest BCUT2D eigenvalue weighted by Gasteiger charge is 2.63. The number of carbonyl (C=O) groups is 1. The first-order valence-electron chi connectivity index (χ1n) is 5.04. The van der Waals surface area contributed by atoms with E-state index in [0.29, 0.717) is 0 Å². The predicted octanol–water partition coefficient (Wildman–Crippen LogP) is 1.73. The summed E-state index contributed by atoms with van der Waals surface area (Å²) < 4.78 is 38.0. The summed E-state index contributed by atoms with van der Waals surface area (Å²) in [4.78, 5) is 14.4. The monoisotopic (exact) mass is 281 g/mol. The summed E-state index contributed by atoms with van der Waals surface area (Å²) in [5.74, 6) is -1.27. The maximum Gasteiger partial charge on any atom is 0.411 e. The van der Waals surface area contributed by atoms with E-state index in [4.69, 9.17) is 10.8 Å². The molecule has 100 valence electrons. The van der Waals surface area contributed by atoms with E-state index in [1.54, 1.807) is 0 Å². The zero-order chi connectivity index (χ0) is 13.6. The van der Waals surface area contributed by atoms with Crippen molar-refractivity contribution in [2.24, 2.45) is 5.73 Å². The first-order chi connectivity index (χ1) is 8.25. The Kier molecular flexibility index (Phi) is 2.98. The Labute approximate surface area is 104 Å². The van der Waals surface area contributed by atoms with E-state index in [1.165, 1.54) is 5.38 Å². The minimum atomic E-state index is -4.34. The Morgan fingerprint density at radius 1 is 1.61 bits per heavy atom. The van der Waals surface area contributed by atoms with Gasteiger partial charge >= 0.3 is 12.1 Å². The first-order valence-corrected chi connectivity index (χ1v) is 5.92. The molecule has 5 nitrogen and oxygen atoms in total. The maximum atomic E-state index is 12.7. The number of anilines is 1. The molecular weight excluding hydrogens is 271 g/mol. The average molecular weight is 281 g/mol. The minimum absolute atomic E-state index is 0.00357. The van der Waals surface area contributed by atoms with Gasteiger partial charge in [0.1, 0.15) is 11.6 Å². The van der Waals surface area contributed by atoms with Gasteiger partial charge in [-0.2, -0.15) is 13.2 Å². The van der Waals surface area contributed by atoms with E-state index in [0.717, 1.165) is 11.3 Å². The molecule has 0 bridgehead atoms. The largest absolute Gasteiger partial charge is 0.480 e. The van der Waals surface area contributed by atoms with Crippen LogP contribution < -0.4 is 11.1 Å². The second-order valence-corrected chi connectivity index (χ2v) is 4.96. The molecular formula is C9H10F3N3O2S. The Morgan fingerprint density at radius 3 is 2.67 bits per heavy atom. The Bertz CT molecular complexity index is 470. The van der Waals surface area contributed by atoms with Crippen LogP contribution in [0.15, 0.2) is 5.38 Å². The van der Waals surface area contributed by atoms with Crippen LogP contribution in [-0.2, 0) is 4.79 Å². The molecule has 1 heterocycles. The minimum Gasteiger partial charge on any atom is -0.480 e. The lowest BCUT2D eigenvalue weighted by atomic mass is 10.2. The smallest absolute Gasteiger partial charge is 0.411 e. The number of nitrogens with one attached hydrogen (secondary N) is 1. The summed E-state index contributed by atoms with van der Waals surface area (Å²) in [6.45, 7) is 0. The zero-order valence-corrected chi connectivity index (χ0v) is 9.81. The summed E-state index contributed by atoms with van der Waals surface area (Å²) in [5, 5.41) is 12.4. The molecule has 1 atom stereocenters. The molecule has 1 aromatic heterocycles. The van der Waals surface area contributed by atoms with Gasteiger partial charge in [0.2, 0.25) is 0 Å². The molecule has 2 rings (SSSR count). The van der Waals surface area contributed by atoms with E-state index in [-0.39, 0.29) is 23.7 Å². The van der Waals surface area contributed by atoms with Gasteiger partial charge < -0.3 is 16.2 Å². The Morgan fingerprint density at radius 2 is 2.22 bits per heavy atom. The molecule has 9 heteroatoms. The third-order valence-corrected chi connectivity index (χ3v) is 3.52. The maximum absolute atomic E-state index is 12.7. The third-order valence-electron chi connectivity index (χ3n) is 2.75. The second-order valence-electron chi connectivity index (χ2n) is 4.10. The van der Waals surface area contributed by atoms with Crippen LogP contribution in [0.5, 0.6) is 0 Å². The molecule has 0 spiro atoms. The van der Waals surface area contributed by atoms with Crippen LogP contribution >= 0.6 is 11.3 Å². The fourth-order valence-electron chi connectivity index (χ4n) is 1.42. The number of aliphatic carboxylic acids is 1. The summed E-state index contributed by atoms with van der Waals surface area (Å²) in [5.41, 5.74) is 3.45. The quantitative estimate of drug-likeness (QED) is 0.782. The van der Waals surface area contributed by atoms with Crippen LogP contribution in [0.1, 0.15) is 24.6 Å².